The quantitative estimate of drug-likeness (QED) is 0.365. The van der Waals surface area contributed by atoms with E-state index in [2.05, 4.69) is 60.7 Å². The normalized spacial score (nSPS) is 13.7. The van der Waals surface area contributed by atoms with Gasteiger partial charge in [0.25, 0.3) is 0 Å². The van der Waals surface area contributed by atoms with Crippen LogP contribution in [-0.4, -0.2) is 48.3 Å². The summed E-state index contributed by atoms with van der Waals surface area (Å²) in [6, 6.07) is 21.2. The van der Waals surface area contributed by atoms with Crippen LogP contribution in [0, 0.1) is 0 Å². The molecule has 0 aliphatic rings. The van der Waals surface area contributed by atoms with Crippen LogP contribution in [0.5, 0.6) is 0 Å². The van der Waals surface area contributed by atoms with Gasteiger partial charge in [0, 0.05) is 0 Å². The predicted octanol–water partition coefficient (Wildman–Crippen LogP) is 3.92. The van der Waals surface area contributed by atoms with E-state index in [-0.39, 0.29) is 46.3 Å². The van der Waals surface area contributed by atoms with Gasteiger partial charge in [-0.2, -0.15) is 0 Å². The number of benzene rings is 2. The molecule has 22 heavy (non-hydrogen) atoms. The van der Waals surface area contributed by atoms with Crippen molar-refractivity contribution < 1.29 is 9.47 Å². The van der Waals surface area contributed by atoms with Crippen molar-refractivity contribution >= 4 is 34.1 Å². The van der Waals surface area contributed by atoms with Crippen molar-refractivity contribution in [3.05, 3.63) is 71.8 Å². The number of hydrogen-bond donors (Lipinski definition) is 0. The molecule has 0 aromatic heterocycles. The summed E-state index contributed by atoms with van der Waals surface area (Å²) in [5.41, 5.74) is 2.63. The van der Waals surface area contributed by atoms with E-state index in [4.69, 9.17) is 9.47 Å². The fourth-order valence-corrected chi connectivity index (χ4v) is 13.7. The van der Waals surface area contributed by atoms with Crippen molar-refractivity contribution in [2.75, 3.05) is 14.2 Å². The van der Waals surface area contributed by atoms with Crippen LogP contribution in [0.2, 0.25) is 8.94 Å². The van der Waals surface area contributed by atoms with Gasteiger partial charge in [-0.1, -0.05) is 0 Å². The monoisotopic (exact) mass is 530 g/mol. The summed E-state index contributed by atoms with van der Waals surface area (Å²) in [7, 11) is 3.65. The van der Waals surface area contributed by atoms with Crippen molar-refractivity contribution in [2.24, 2.45) is 0 Å². The average molecular weight is 526 g/mol. The summed E-state index contributed by atoms with van der Waals surface area (Å²) < 4.78 is 13.8. The third-order valence-corrected chi connectivity index (χ3v) is 14.8. The van der Waals surface area contributed by atoms with Crippen molar-refractivity contribution in [1.29, 1.82) is 0 Å². The molecule has 2 unspecified atom stereocenters. The number of ether oxygens (including phenoxy) is 2. The second kappa shape index (κ2) is 10.7. The molecular formula is C18H22O2Te2. The van der Waals surface area contributed by atoms with Gasteiger partial charge in [0.05, 0.1) is 0 Å². The van der Waals surface area contributed by atoms with Gasteiger partial charge in [0.1, 0.15) is 0 Å². The van der Waals surface area contributed by atoms with Crippen LogP contribution in [0.3, 0.4) is 0 Å². The molecule has 0 N–H and O–H groups in total. The summed E-state index contributed by atoms with van der Waals surface area (Å²) in [4.78, 5) is 0. The molecule has 0 amide bonds. The summed E-state index contributed by atoms with van der Waals surface area (Å²) in [6.07, 6.45) is 0.567. The van der Waals surface area contributed by atoms with E-state index in [1.54, 1.807) is 0 Å². The first-order valence-corrected chi connectivity index (χ1v) is 17.9. The summed E-state index contributed by atoms with van der Waals surface area (Å²) in [5.74, 6) is 0. The zero-order valence-electron chi connectivity index (χ0n) is 13.0. The molecule has 0 aliphatic carbocycles. The average Bonchev–Trinajstić information content (AvgIpc) is 2.60. The molecule has 0 saturated carbocycles. The van der Waals surface area contributed by atoms with Crippen LogP contribution in [0.1, 0.15) is 23.3 Å². The molecule has 0 saturated heterocycles. The van der Waals surface area contributed by atoms with Gasteiger partial charge in [0.2, 0.25) is 0 Å². The fraction of sp³-hybridized carbons (Fsp3) is 0.333. The van der Waals surface area contributed by atoms with Gasteiger partial charge < -0.3 is 0 Å². The van der Waals surface area contributed by atoms with Crippen molar-refractivity contribution in [3.8, 4) is 0 Å². The maximum atomic E-state index is 5.68. The Balaban J connectivity index is 1.78. The van der Waals surface area contributed by atoms with Crippen LogP contribution >= 0.6 is 0 Å². The Morgan fingerprint density at radius 1 is 0.682 bits per heavy atom. The van der Waals surface area contributed by atoms with Crippen molar-refractivity contribution in [2.45, 2.75) is 21.1 Å². The van der Waals surface area contributed by atoms with Gasteiger partial charge in [-0.25, -0.2) is 0 Å². The summed E-state index contributed by atoms with van der Waals surface area (Å²) in [6.45, 7) is 0. The molecule has 118 valence electrons. The molecule has 0 bridgehead atoms. The number of rotatable bonds is 9. The zero-order valence-corrected chi connectivity index (χ0v) is 17.6. The van der Waals surface area contributed by atoms with E-state index in [0.717, 1.165) is 0 Å². The Morgan fingerprint density at radius 2 is 1.05 bits per heavy atom. The summed E-state index contributed by atoms with van der Waals surface area (Å²) >= 11 is 0.119. The molecule has 2 nitrogen and oxygen atoms in total. The van der Waals surface area contributed by atoms with Crippen LogP contribution in [0.25, 0.3) is 0 Å². The molecule has 2 aromatic rings. The Morgan fingerprint density at radius 3 is 1.36 bits per heavy atom. The second-order valence-corrected chi connectivity index (χ2v) is 17.1. The van der Waals surface area contributed by atoms with E-state index < -0.39 is 0 Å². The zero-order chi connectivity index (χ0) is 15.6. The molecule has 0 spiro atoms. The maximum absolute atomic E-state index is 5.68. The Kier molecular flexibility index (Phi) is 8.86. The molecule has 4 heteroatoms. The van der Waals surface area contributed by atoms with Crippen LogP contribution in [-0.2, 0) is 9.47 Å². The minimum absolute atomic E-state index is 0.0597. The van der Waals surface area contributed by atoms with Gasteiger partial charge in [0.15, 0.2) is 0 Å². The Labute approximate surface area is 149 Å². The van der Waals surface area contributed by atoms with E-state index in [1.807, 2.05) is 14.2 Å². The number of hydrogen-bond acceptors (Lipinski definition) is 2. The fourth-order valence-electron chi connectivity index (χ4n) is 2.16. The van der Waals surface area contributed by atoms with Gasteiger partial charge >= 0.3 is 151 Å². The van der Waals surface area contributed by atoms with E-state index in [1.165, 1.54) is 20.1 Å². The molecular weight excluding hydrogens is 503 g/mol. The van der Waals surface area contributed by atoms with Gasteiger partial charge in [-0.05, 0) is 0 Å². The molecule has 0 aliphatic heterocycles. The third-order valence-electron chi connectivity index (χ3n) is 3.43. The van der Waals surface area contributed by atoms with E-state index in [0.29, 0.717) is 0 Å². The molecule has 0 fully saturated rings. The third kappa shape index (κ3) is 5.86. The van der Waals surface area contributed by atoms with Crippen LogP contribution < -0.4 is 0 Å². The minimum atomic E-state index is 0.0597. The first kappa shape index (κ1) is 18.3. The molecule has 2 aromatic carbocycles. The summed E-state index contributed by atoms with van der Waals surface area (Å²) in [5, 5.41) is 0. The Bertz CT molecular complexity index is 470. The second-order valence-electron chi connectivity index (χ2n) is 4.84. The van der Waals surface area contributed by atoms with Gasteiger partial charge in [-0.3, -0.25) is 0 Å². The SMILES string of the molecule is COC(C[Te][Te]CC(OC)c1ccccc1)c1ccccc1. The van der Waals surface area contributed by atoms with Crippen LogP contribution in [0.4, 0.5) is 0 Å². The van der Waals surface area contributed by atoms with Crippen LogP contribution in [0.15, 0.2) is 60.7 Å². The standard InChI is InChI=1S/C18H22O2Te2/c1-19-17(15-9-5-3-6-10-15)13-21-22-14-18(20-2)16-11-7-4-8-12-16/h3-12,17-18H,13-14H2,1-2H3. The van der Waals surface area contributed by atoms with Crippen molar-refractivity contribution in [1.82, 2.24) is 0 Å². The first-order chi connectivity index (χ1) is 10.8. The Hall–Kier alpha value is -0.0608. The molecule has 0 heterocycles. The first-order valence-electron chi connectivity index (χ1n) is 7.25. The van der Waals surface area contributed by atoms with Crippen molar-refractivity contribution in [3.63, 3.8) is 0 Å². The molecule has 2 rings (SSSR count). The van der Waals surface area contributed by atoms with Gasteiger partial charge in [-0.15, -0.1) is 0 Å². The molecule has 2 atom stereocenters. The van der Waals surface area contributed by atoms with E-state index in [9.17, 15) is 0 Å². The molecule has 0 radical (unpaired) electrons. The topological polar surface area (TPSA) is 18.5 Å². The number of methoxy groups -OCH3 is 2. The van der Waals surface area contributed by atoms with E-state index >= 15 is 0 Å². The predicted molar refractivity (Wildman–Crippen MR) is 93.5 cm³/mol.